The first-order valence-electron chi connectivity index (χ1n) is 6.56. The molecule has 1 amide bonds. The van der Waals surface area contributed by atoms with E-state index >= 15 is 0 Å². The number of carbonyl (C=O) groups is 2. The predicted octanol–water partition coefficient (Wildman–Crippen LogP) is 2.82. The van der Waals surface area contributed by atoms with Gasteiger partial charge in [-0.2, -0.15) is 0 Å². The second-order valence-electron chi connectivity index (χ2n) is 5.09. The molecule has 1 aromatic rings. The highest BCUT2D eigenvalue weighted by molar-refractivity contribution is 5.88. The molecule has 20 heavy (non-hydrogen) atoms. The summed E-state index contributed by atoms with van der Waals surface area (Å²) in [6.07, 6.45) is 1.56. The predicted molar refractivity (Wildman–Crippen MR) is 71.6 cm³/mol. The highest BCUT2D eigenvalue weighted by atomic mass is 16.6. The molecule has 1 atom stereocenters. The van der Waals surface area contributed by atoms with Gasteiger partial charge in [0.15, 0.2) is 0 Å². The molecule has 0 aromatic heterocycles. The minimum absolute atomic E-state index is 0.0229. The minimum atomic E-state index is -0.457. The number of esters is 1. The van der Waals surface area contributed by atoms with Gasteiger partial charge in [0.1, 0.15) is 11.5 Å². The van der Waals surface area contributed by atoms with Crippen molar-refractivity contribution < 1.29 is 19.1 Å². The van der Waals surface area contributed by atoms with Gasteiger partial charge >= 0.3 is 12.1 Å². The van der Waals surface area contributed by atoms with Gasteiger partial charge in [0.2, 0.25) is 0 Å². The molecule has 3 rings (SSSR count). The molecule has 1 saturated heterocycles. The van der Waals surface area contributed by atoms with Crippen LogP contribution in [-0.4, -0.2) is 23.5 Å². The molecule has 2 aliphatic heterocycles. The van der Waals surface area contributed by atoms with Crippen LogP contribution in [0.4, 0.5) is 4.79 Å². The van der Waals surface area contributed by atoms with Crippen LogP contribution >= 0.6 is 0 Å². The Hall–Kier alpha value is -2.30. The lowest BCUT2D eigenvalue weighted by Crippen LogP contribution is -2.37. The van der Waals surface area contributed by atoms with Crippen molar-refractivity contribution in [3.05, 3.63) is 35.9 Å². The maximum Gasteiger partial charge on any atom is 0.415 e. The van der Waals surface area contributed by atoms with E-state index in [0.29, 0.717) is 23.6 Å². The summed E-state index contributed by atoms with van der Waals surface area (Å²) < 4.78 is 10.5. The zero-order valence-corrected chi connectivity index (χ0v) is 11.2. The zero-order chi connectivity index (χ0) is 14.3. The SMILES string of the molecule is C=C(C)C(=O)Oc1ccc2c(c1)C1CCCN1C(=O)O2. The molecule has 1 aromatic carbocycles. The van der Waals surface area contributed by atoms with E-state index in [0.717, 1.165) is 18.4 Å². The number of ether oxygens (including phenoxy) is 2. The summed E-state index contributed by atoms with van der Waals surface area (Å²) >= 11 is 0. The van der Waals surface area contributed by atoms with Gasteiger partial charge in [0.25, 0.3) is 0 Å². The van der Waals surface area contributed by atoms with Gasteiger partial charge in [-0.1, -0.05) is 6.58 Å². The van der Waals surface area contributed by atoms with Crippen LogP contribution < -0.4 is 9.47 Å². The minimum Gasteiger partial charge on any atom is -0.423 e. The van der Waals surface area contributed by atoms with Crippen molar-refractivity contribution in [1.82, 2.24) is 4.90 Å². The molecule has 0 bridgehead atoms. The fourth-order valence-electron chi connectivity index (χ4n) is 2.60. The molecule has 0 spiro atoms. The fourth-order valence-corrected chi connectivity index (χ4v) is 2.60. The topological polar surface area (TPSA) is 55.8 Å². The Morgan fingerprint density at radius 1 is 1.50 bits per heavy atom. The molecule has 0 saturated carbocycles. The van der Waals surface area contributed by atoms with E-state index in [1.807, 2.05) is 0 Å². The number of fused-ring (bicyclic) bond motifs is 3. The van der Waals surface area contributed by atoms with Crippen LogP contribution in [-0.2, 0) is 4.79 Å². The van der Waals surface area contributed by atoms with E-state index in [1.54, 1.807) is 30.0 Å². The summed E-state index contributed by atoms with van der Waals surface area (Å²) in [7, 11) is 0. The standard InChI is InChI=1S/C15H15NO4/c1-9(2)14(17)19-10-5-6-13-11(8-10)12-4-3-7-16(12)15(18)20-13/h5-6,8,12H,1,3-4,7H2,2H3. The van der Waals surface area contributed by atoms with Crippen molar-refractivity contribution in [3.8, 4) is 11.5 Å². The molecule has 1 unspecified atom stereocenters. The summed E-state index contributed by atoms with van der Waals surface area (Å²) in [5.41, 5.74) is 1.24. The number of rotatable bonds is 2. The fraction of sp³-hybridized carbons (Fsp3) is 0.333. The van der Waals surface area contributed by atoms with Crippen molar-refractivity contribution in [2.75, 3.05) is 6.54 Å². The Bertz CT molecular complexity index is 608. The maximum atomic E-state index is 11.8. The Labute approximate surface area is 116 Å². The second kappa shape index (κ2) is 4.67. The molecule has 2 aliphatic rings. The maximum absolute atomic E-state index is 11.8. The second-order valence-corrected chi connectivity index (χ2v) is 5.09. The average Bonchev–Trinajstić information content (AvgIpc) is 2.89. The smallest absolute Gasteiger partial charge is 0.415 e. The number of nitrogens with zero attached hydrogens (tertiary/aromatic N) is 1. The quantitative estimate of drug-likeness (QED) is 0.472. The van der Waals surface area contributed by atoms with E-state index in [9.17, 15) is 9.59 Å². The highest BCUT2D eigenvalue weighted by Gasteiger charge is 2.37. The van der Waals surface area contributed by atoms with Crippen LogP contribution in [0.15, 0.2) is 30.4 Å². The van der Waals surface area contributed by atoms with Crippen LogP contribution in [0.3, 0.4) is 0 Å². The van der Waals surface area contributed by atoms with E-state index in [4.69, 9.17) is 9.47 Å². The van der Waals surface area contributed by atoms with Crippen LogP contribution in [0.5, 0.6) is 11.5 Å². The average molecular weight is 273 g/mol. The molecular weight excluding hydrogens is 258 g/mol. The number of carbonyl (C=O) groups excluding carboxylic acids is 2. The normalized spacial score (nSPS) is 19.9. The van der Waals surface area contributed by atoms with Crippen molar-refractivity contribution in [3.63, 3.8) is 0 Å². The first-order chi connectivity index (χ1) is 9.56. The Balaban J connectivity index is 1.92. The van der Waals surface area contributed by atoms with E-state index in [2.05, 4.69) is 6.58 Å². The summed E-state index contributed by atoms with van der Waals surface area (Å²) in [6, 6.07) is 5.09. The van der Waals surface area contributed by atoms with Crippen LogP contribution in [0.1, 0.15) is 31.4 Å². The van der Waals surface area contributed by atoms with E-state index in [1.165, 1.54) is 0 Å². The molecule has 5 heteroatoms. The lowest BCUT2D eigenvalue weighted by Gasteiger charge is -2.30. The first kappa shape index (κ1) is 12.7. The third-order valence-corrected chi connectivity index (χ3v) is 3.58. The third-order valence-electron chi connectivity index (χ3n) is 3.58. The van der Waals surface area contributed by atoms with Gasteiger partial charge in [-0.3, -0.25) is 0 Å². The van der Waals surface area contributed by atoms with Gasteiger partial charge < -0.3 is 14.4 Å². The summed E-state index contributed by atoms with van der Waals surface area (Å²) in [5, 5.41) is 0. The number of benzene rings is 1. The van der Waals surface area contributed by atoms with E-state index < -0.39 is 5.97 Å². The van der Waals surface area contributed by atoms with E-state index in [-0.39, 0.29) is 12.1 Å². The molecule has 0 N–H and O–H groups in total. The molecule has 5 nitrogen and oxygen atoms in total. The summed E-state index contributed by atoms with van der Waals surface area (Å²) in [6.45, 7) is 5.86. The molecule has 2 heterocycles. The Kier molecular flexibility index (Phi) is 2.97. The van der Waals surface area contributed by atoms with Crippen molar-refractivity contribution in [1.29, 1.82) is 0 Å². The van der Waals surface area contributed by atoms with Gasteiger partial charge in [0.05, 0.1) is 6.04 Å². The lowest BCUT2D eigenvalue weighted by molar-refractivity contribution is -0.130. The van der Waals surface area contributed by atoms with Crippen molar-refractivity contribution in [2.24, 2.45) is 0 Å². The third kappa shape index (κ3) is 2.05. The lowest BCUT2D eigenvalue weighted by atomic mass is 10.0. The van der Waals surface area contributed by atoms with Crippen molar-refractivity contribution >= 4 is 12.1 Å². The van der Waals surface area contributed by atoms with Gasteiger partial charge in [0, 0.05) is 17.7 Å². The highest BCUT2D eigenvalue weighted by Crippen LogP contribution is 2.42. The van der Waals surface area contributed by atoms with Crippen molar-refractivity contribution in [2.45, 2.75) is 25.8 Å². The molecule has 104 valence electrons. The molecular formula is C15H15NO4. The Morgan fingerprint density at radius 3 is 3.05 bits per heavy atom. The summed E-state index contributed by atoms with van der Waals surface area (Å²) in [5.74, 6) is 0.538. The number of hydrogen-bond acceptors (Lipinski definition) is 4. The molecule has 0 radical (unpaired) electrons. The largest absolute Gasteiger partial charge is 0.423 e. The number of hydrogen-bond donors (Lipinski definition) is 0. The van der Waals surface area contributed by atoms with Gasteiger partial charge in [-0.05, 0) is 38.0 Å². The van der Waals surface area contributed by atoms with Crippen LogP contribution in [0.2, 0.25) is 0 Å². The van der Waals surface area contributed by atoms with Gasteiger partial charge in [-0.25, -0.2) is 9.59 Å². The van der Waals surface area contributed by atoms with Gasteiger partial charge in [-0.15, -0.1) is 0 Å². The van der Waals surface area contributed by atoms with Crippen LogP contribution in [0.25, 0.3) is 0 Å². The first-order valence-corrected chi connectivity index (χ1v) is 6.56. The zero-order valence-electron chi connectivity index (χ0n) is 11.2. The molecule has 1 fully saturated rings. The van der Waals surface area contributed by atoms with Crippen LogP contribution in [0, 0.1) is 0 Å². The molecule has 0 aliphatic carbocycles. The Morgan fingerprint density at radius 2 is 2.30 bits per heavy atom. The summed E-state index contributed by atoms with van der Waals surface area (Å²) in [4.78, 5) is 25.1. The monoisotopic (exact) mass is 273 g/mol. The number of amides is 1.